The zero-order valence-electron chi connectivity index (χ0n) is 19.2. The predicted octanol–water partition coefficient (Wildman–Crippen LogP) is 2.92. The lowest BCUT2D eigenvalue weighted by atomic mass is 10.1. The molecule has 33 heavy (non-hydrogen) atoms. The first-order valence-corrected chi connectivity index (χ1v) is 13.2. The third-order valence-electron chi connectivity index (χ3n) is 6.60. The Bertz CT molecular complexity index is 1040. The van der Waals surface area contributed by atoms with Gasteiger partial charge in [-0.15, -0.1) is 0 Å². The van der Waals surface area contributed by atoms with E-state index in [0.29, 0.717) is 18.7 Å². The van der Waals surface area contributed by atoms with E-state index in [2.05, 4.69) is 21.8 Å². The second-order valence-corrected chi connectivity index (χ2v) is 10.6. The van der Waals surface area contributed by atoms with Crippen molar-refractivity contribution in [1.82, 2.24) is 14.5 Å². The zero-order valence-corrected chi connectivity index (χ0v) is 20.0. The number of nitrogens with one attached hydrogen (secondary N) is 1. The quantitative estimate of drug-likeness (QED) is 0.641. The summed E-state index contributed by atoms with van der Waals surface area (Å²) in [7, 11) is -1.95. The Morgan fingerprint density at radius 2 is 1.73 bits per heavy atom. The number of sulfonamides is 1. The number of nitrogens with zero attached hydrogens (tertiary/aromatic N) is 2. The molecule has 1 aliphatic carbocycles. The Kier molecular flexibility index (Phi) is 7.67. The van der Waals surface area contributed by atoms with Crippen LogP contribution in [0.15, 0.2) is 53.4 Å². The van der Waals surface area contributed by atoms with E-state index in [4.69, 9.17) is 4.74 Å². The molecule has 1 saturated carbocycles. The van der Waals surface area contributed by atoms with Gasteiger partial charge in [0.2, 0.25) is 10.0 Å². The maximum Gasteiger partial charge on any atom is 0.253 e. The van der Waals surface area contributed by atoms with Gasteiger partial charge in [0.25, 0.3) is 5.91 Å². The fourth-order valence-electron chi connectivity index (χ4n) is 4.56. The van der Waals surface area contributed by atoms with Crippen LogP contribution in [0.3, 0.4) is 0 Å². The van der Waals surface area contributed by atoms with E-state index in [-0.39, 0.29) is 16.8 Å². The van der Waals surface area contributed by atoms with E-state index >= 15 is 0 Å². The molecule has 0 radical (unpaired) electrons. The van der Waals surface area contributed by atoms with Gasteiger partial charge >= 0.3 is 0 Å². The first-order valence-electron chi connectivity index (χ1n) is 11.7. The second-order valence-electron chi connectivity index (χ2n) is 8.86. The molecule has 0 aromatic heterocycles. The smallest absolute Gasteiger partial charge is 0.253 e. The van der Waals surface area contributed by atoms with Crippen molar-refractivity contribution in [2.45, 2.75) is 43.0 Å². The molecule has 1 saturated heterocycles. The minimum absolute atomic E-state index is 0.000324. The largest absolute Gasteiger partial charge is 0.497 e. The number of carbonyl (C=O) groups is 1. The minimum Gasteiger partial charge on any atom is -0.497 e. The van der Waals surface area contributed by atoms with Gasteiger partial charge in [0.1, 0.15) is 5.75 Å². The summed E-state index contributed by atoms with van der Waals surface area (Å²) in [5, 5.41) is 0. The number of piperazine rings is 1. The van der Waals surface area contributed by atoms with Crippen molar-refractivity contribution < 1.29 is 17.9 Å². The van der Waals surface area contributed by atoms with Gasteiger partial charge in [0, 0.05) is 44.3 Å². The molecule has 2 aromatic rings. The first kappa shape index (κ1) is 23.7. The number of benzene rings is 2. The van der Waals surface area contributed by atoms with Gasteiger partial charge in [-0.1, -0.05) is 31.0 Å². The van der Waals surface area contributed by atoms with Gasteiger partial charge in [0.15, 0.2) is 0 Å². The van der Waals surface area contributed by atoms with E-state index < -0.39 is 10.0 Å². The summed E-state index contributed by atoms with van der Waals surface area (Å²) in [6.07, 6.45) is 4.81. The predicted molar refractivity (Wildman–Crippen MR) is 128 cm³/mol. The number of carbonyl (C=O) groups excluding carboxylic acids is 1. The van der Waals surface area contributed by atoms with Gasteiger partial charge in [-0.25, -0.2) is 13.1 Å². The summed E-state index contributed by atoms with van der Waals surface area (Å²) in [5.41, 5.74) is 1.69. The summed E-state index contributed by atoms with van der Waals surface area (Å²) in [4.78, 5) is 17.4. The van der Waals surface area contributed by atoms with Crippen LogP contribution >= 0.6 is 0 Å². The van der Waals surface area contributed by atoms with Crippen LogP contribution in [0.4, 0.5) is 0 Å². The molecule has 0 atom stereocenters. The number of ether oxygens (including phenoxy) is 1. The Labute approximate surface area is 196 Å². The van der Waals surface area contributed by atoms with Crippen molar-refractivity contribution in [1.29, 1.82) is 0 Å². The fraction of sp³-hybridized carbons (Fsp3) is 0.480. The van der Waals surface area contributed by atoms with Crippen LogP contribution in [0.2, 0.25) is 0 Å². The molecule has 2 aromatic carbocycles. The molecule has 8 heteroatoms. The Morgan fingerprint density at radius 3 is 2.39 bits per heavy atom. The average Bonchev–Trinajstić information content (AvgIpc) is 3.35. The molecule has 0 bridgehead atoms. The molecular formula is C25H33N3O4S. The second kappa shape index (κ2) is 10.7. The summed E-state index contributed by atoms with van der Waals surface area (Å²) in [6, 6.07) is 14.5. The lowest BCUT2D eigenvalue weighted by molar-refractivity contribution is 0.0638. The highest BCUT2D eigenvalue weighted by Crippen LogP contribution is 2.21. The van der Waals surface area contributed by atoms with E-state index in [1.807, 2.05) is 17.0 Å². The summed E-state index contributed by atoms with van der Waals surface area (Å²) in [5.74, 6) is 0.750. The highest BCUT2D eigenvalue weighted by Gasteiger charge is 2.26. The third kappa shape index (κ3) is 6.13. The van der Waals surface area contributed by atoms with Crippen molar-refractivity contribution in [3.63, 3.8) is 0 Å². The molecular weight excluding hydrogens is 438 g/mol. The highest BCUT2D eigenvalue weighted by molar-refractivity contribution is 7.89. The first-order chi connectivity index (χ1) is 15.9. The average molecular weight is 472 g/mol. The molecule has 1 aliphatic heterocycles. The summed E-state index contributed by atoms with van der Waals surface area (Å²) >= 11 is 0. The van der Waals surface area contributed by atoms with Crippen LogP contribution in [0, 0.1) is 0 Å². The summed E-state index contributed by atoms with van der Waals surface area (Å²) < 4.78 is 33.5. The number of rotatable bonds is 8. The van der Waals surface area contributed by atoms with Gasteiger partial charge < -0.3 is 9.64 Å². The van der Waals surface area contributed by atoms with Crippen molar-refractivity contribution in [3.05, 3.63) is 59.7 Å². The van der Waals surface area contributed by atoms with E-state index in [1.165, 1.54) is 11.6 Å². The monoisotopic (exact) mass is 471 g/mol. The normalized spacial score (nSPS) is 17.9. The molecule has 1 heterocycles. The molecule has 7 nitrogen and oxygen atoms in total. The molecule has 178 valence electrons. The van der Waals surface area contributed by atoms with Crippen LogP contribution < -0.4 is 9.46 Å². The van der Waals surface area contributed by atoms with Crippen LogP contribution in [-0.2, 0) is 16.4 Å². The molecule has 2 aliphatic rings. The molecule has 4 rings (SSSR count). The standard InChI is InChI=1S/C25H33N3O4S/c1-32-23-11-9-20(10-12-23)13-14-27-15-17-28(18-16-27)25(29)21-5-4-8-24(19-21)33(30,31)26-22-6-2-3-7-22/h4-5,8-12,19,22,26H,2-3,6-7,13-18H2,1H3. The van der Waals surface area contributed by atoms with Gasteiger partial charge in [-0.05, 0) is 55.2 Å². The molecule has 2 fully saturated rings. The Balaban J connectivity index is 1.30. The van der Waals surface area contributed by atoms with Gasteiger partial charge in [0.05, 0.1) is 12.0 Å². The van der Waals surface area contributed by atoms with E-state index in [9.17, 15) is 13.2 Å². The van der Waals surface area contributed by atoms with Crippen molar-refractivity contribution in [2.75, 3.05) is 39.8 Å². The number of amides is 1. The maximum atomic E-state index is 13.1. The van der Waals surface area contributed by atoms with Crippen LogP contribution in [0.1, 0.15) is 41.6 Å². The Morgan fingerprint density at radius 1 is 1.03 bits per heavy atom. The highest BCUT2D eigenvalue weighted by atomic mass is 32.2. The molecule has 1 amide bonds. The molecule has 1 N–H and O–H groups in total. The zero-order chi connectivity index (χ0) is 23.3. The van der Waals surface area contributed by atoms with Crippen LogP contribution in [-0.4, -0.2) is 70.0 Å². The SMILES string of the molecule is COc1ccc(CCN2CCN(C(=O)c3cccc(S(=O)(=O)NC4CCCC4)c3)CC2)cc1. The van der Waals surface area contributed by atoms with Crippen LogP contribution in [0.5, 0.6) is 5.75 Å². The lowest BCUT2D eigenvalue weighted by Gasteiger charge is -2.34. The van der Waals surface area contributed by atoms with E-state index in [1.54, 1.807) is 25.3 Å². The minimum atomic E-state index is -3.61. The van der Waals surface area contributed by atoms with Gasteiger partial charge in [-0.3, -0.25) is 9.69 Å². The summed E-state index contributed by atoms with van der Waals surface area (Å²) in [6.45, 7) is 3.83. The fourth-order valence-corrected chi connectivity index (χ4v) is 5.91. The number of hydrogen-bond donors (Lipinski definition) is 1. The van der Waals surface area contributed by atoms with Crippen molar-refractivity contribution in [3.8, 4) is 5.75 Å². The third-order valence-corrected chi connectivity index (χ3v) is 8.12. The maximum absolute atomic E-state index is 13.1. The number of methoxy groups -OCH3 is 1. The molecule has 0 unspecified atom stereocenters. The van der Waals surface area contributed by atoms with E-state index in [0.717, 1.165) is 57.5 Å². The topological polar surface area (TPSA) is 79.0 Å². The Hall–Kier alpha value is -2.42. The van der Waals surface area contributed by atoms with Crippen molar-refractivity contribution in [2.24, 2.45) is 0 Å². The van der Waals surface area contributed by atoms with Gasteiger partial charge in [-0.2, -0.15) is 0 Å². The number of hydrogen-bond acceptors (Lipinski definition) is 5. The lowest BCUT2D eigenvalue weighted by Crippen LogP contribution is -2.49. The van der Waals surface area contributed by atoms with Crippen LogP contribution in [0.25, 0.3) is 0 Å². The van der Waals surface area contributed by atoms with Crippen molar-refractivity contribution >= 4 is 15.9 Å². The molecule has 0 spiro atoms.